The van der Waals surface area contributed by atoms with E-state index in [0.717, 1.165) is 32.7 Å². The van der Waals surface area contributed by atoms with Crippen LogP contribution in [0.25, 0.3) is 32.7 Å². The van der Waals surface area contributed by atoms with E-state index in [1.54, 1.807) is 18.6 Å². The van der Waals surface area contributed by atoms with Crippen LogP contribution in [0.5, 0.6) is 0 Å². The molecule has 3 aromatic carbocycles. The zero-order valence-electron chi connectivity index (χ0n) is 53.5. The number of nitrogens with two attached hydrogens (primary N) is 6. The summed E-state index contributed by atoms with van der Waals surface area (Å²) >= 11 is 0. The predicted molar refractivity (Wildman–Crippen MR) is 356 cm³/mol. The number of aromatic amines is 3. The highest BCUT2D eigenvalue weighted by Gasteiger charge is 2.40. The molecule has 3 aromatic heterocycles. The van der Waals surface area contributed by atoms with Crippen LogP contribution < -0.4 is 61.0 Å². The Hall–Kier alpha value is -9.50. The van der Waals surface area contributed by atoms with Gasteiger partial charge in [-0.15, -0.1) is 0 Å². The molecule has 0 fully saturated rings. The smallest absolute Gasteiger partial charge is 0.326 e. The number of likely N-dealkylation sites (N-methyl/N-ethyl adjacent to an activating group) is 2. The summed E-state index contributed by atoms with van der Waals surface area (Å²) < 4.78 is 0. The molecule has 6 rings (SSSR count). The van der Waals surface area contributed by atoms with Gasteiger partial charge in [0.2, 0.25) is 41.4 Å². The summed E-state index contributed by atoms with van der Waals surface area (Å²) in [6.07, 6.45) is 6.96. The third kappa shape index (κ3) is 20.5. The molecule has 0 saturated carbocycles. The molecule has 21 N–H and O–H groups in total. The van der Waals surface area contributed by atoms with E-state index in [1.807, 2.05) is 100 Å². The Kier molecular flexibility index (Phi) is 26.9. The molecule has 7 amide bonds. The van der Waals surface area contributed by atoms with E-state index in [-0.39, 0.29) is 101 Å². The average Bonchev–Trinajstić information content (AvgIpc) is 1.61. The van der Waals surface area contributed by atoms with Crippen LogP contribution in [-0.4, -0.2) is 171 Å². The van der Waals surface area contributed by atoms with E-state index in [9.17, 15) is 24.3 Å². The Morgan fingerprint density at radius 3 is 1.32 bits per heavy atom. The van der Waals surface area contributed by atoms with Crippen molar-refractivity contribution >= 4 is 91.9 Å². The molecule has 0 saturated heterocycles. The van der Waals surface area contributed by atoms with Crippen LogP contribution in [0.2, 0.25) is 0 Å². The van der Waals surface area contributed by atoms with Gasteiger partial charge in [0.15, 0.2) is 11.9 Å². The molecule has 0 aliphatic carbocycles. The number of benzene rings is 3. The molecule has 0 aliphatic rings. The highest BCUT2D eigenvalue weighted by molar-refractivity contribution is 5.99. The molecule has 6 aromatic rings. The van der Waals surface area contributed by atoms with Crippen LogP contribution in [0.15, 0.2) is 101 Å². The number of unbranched alkanes of at least 4 members (excludes halogenated alkanes) is 1. The first-order chi connectivity index (χ1) is 43.9. The summed E-state index contributed by atoms with van der Waals surface area (Å²) in [6, 6.07) is 12.2. The second kappa shape index (κ2) is 34.6. The maximum Gasteiger partial charge on any atom is 0.326 e. The van der Waals surface area contributed by atoms with E-state index in [2.05, 4.69) is 51.5 Å². The third-order valence-corrected chi connectivity index (χ3v) is 16.2. The Labute approximate surface area is 535 Å². The number of carboxylic acids is 1. The lowest BCUT2D eigenvalue weighted by molar-refractivity contribution is -0.145. The quantitative estimate of drug-likeness (QED) is 0.0151. The van der Waals surface area contributed by atoms with Crippen LogP contribution in [0.1, 0.15) is 102 Å². The van der Waals surface area contributed by atoms with Crippen molar-refractivity contribution in [1.29, 1.82) is 0 Å². The van der Waals surface area contributed by atoms with Gasteiger partial charge in [0, 0.05) is 97.7 Å². The van der Waals surface area contributed by atoms with Gasteiger partial charge >= 0.3 is 5.97 Å². The van der Waals surface area contributed by atoms with Crippen molar-refractivity contribution in [2.24, 2.45) is 56.2 Å². The van der Waals surface area contributed by atoms with Gasteiger partial charge in [0.1, 0.15) is 42.3 Å². The topological polar surface area (TPSA) is 452 Å². The maximum atomic E-state index is 15.5. The maximum absolute atomic E-state index is 15.5. The molecule has 27 heteroatoms. The summed E-state index contributed by atoms with van der Waals surface area (Å²) in [5, 5.41) is 26.9. The fourth-order valence-corrected chi connectivity index (χ4v) is 11.3. The van der Waals surface area contributed by atoms with Gasteiger partial charge < -0.3 is 90.8 Å². The molecular formula is C65H94N18O9. The van der Waals surface area contributed by atoms with Crippen LogP contribution in [-0.2, 0) is 57.6 Å². The molecular weight excluding hydrogens is 1180 g/mol. The summed E-state index contributed by atoms with van der Waals surface area (Å²) in [7, 11) is 2.89. The highest BCUT2D eigenvalue weighted by Crippen LogP contribution is 2.25. The monoisotopic (exact) mass is 1270 g/mol. The van der Waals surface area contributed by atoms with Gasteiger partial charge in [-0.25, -0.2) is 4.79 Å². The lowest BCUT2D eigenvalue weighted by atomic mass is 9.97. The SMILES string of the molecule is CC(C)C[C@H](NC(=O)[C@@H](Cc1c[nH]c2ccccc12)N(C)C(=O)[C@H](CC(C)C)NC(=O)[C@@H](Cc1c[nH]c2ccccc12)N(C)C(=O)[C@H](CCCCN)NC(=O)[C@@H](CCCN=C(N)N)NC(=O)[C@@H](N)CCCN=C(N)N)C(=O)N[C@H](Cc1c[nH]c2ccccc12)C(=O)O. The third-order valence-electron chi connectivity index (χ3n) is 16.2. The molecule has 0 aliphatic heterocycles. The largest absolute Gasteiger partial charge is 0.480 e. The summed E-state index contributed by atoms with van der Waals surface area (Å²) in [5.41, 5.74) is 38.6. The Balaban J connectivity index is 1.32. The molecule has 8 atom stereocenters. The van der Waals surface area contributed by atoms with Gasteiger partial charge in [-0.05, 0) is 111 Å². The van der Waals surface area contributed by atoms with E-state index in [0.29, 0.717) is 36.0 Å². The van der Waals surface area contributed by atoms with Crippen LogP contribution in [0.4, 0.5) is 0 Å². The number of carbonyl (C=O) groups is 8. The summed E-state index contributed by atoms with van der Waals surface area (Å²) in [5.74, 6) is -6.79. The number of rotatable bonds is 37. The molecule has 498 valence electrons. The molecule has 27 nitrogen and oxygen atoms in total. The van der Waals surface area contributed by atoms with Crippen LogP contribution in [0, 0.1) is 11.8 Å². The molecule has 0 spiro atoms. The lowest BCUT2D eigenvalue weighted by Gasteiger charge is -2.35. The van der Waals surface area contributed by atoms with Crippen molar-refractivity contribution in [3.63, 3.8) is 0 Å². The Morgan fingerprint density at radius 1 is 0.478 bits per heavy atom. The minimum Gasteiger partial charge on any atom is -0.480 e. The number of carboxylic acid groups (broad SMARTS) is 1. The number of fused-ring (bicyclic) bond motifs is 3. The van der Waals surface area contributed by atoms with Crippen molar-refractivity contribution in [3.05, 3.63) is 108 Å². The zero-order chi connectivity index (χ0) is 67.2. The van der Waals surface area contributed by atoms with E-state index in [1.165, 1.54) is 23.9 Å². The second-order valence-electron chi connectivity index (χ2n) is 24.3. The number of guanidine groups is 2. The van der Waals surface area contributed by atoms with Crippen molar-refractivity contribution in [1.82, 2.24) is 51.3 Å². The van der Waals surface area contributed by atoms with Gasteiger partial charge in [0.05, 0.1) is 6.04 Å². The number of aliphatic carboxylic acids is 1. The average molecular weight is 1270 g/mol. The Bertz CT molecular complexity index is 3530. The predicted octanol–water partition coefficient (Wildman–Crippen LogP) is 1.98. The van der Waals surface area contributed by atoms with Crippen LogP contribution in [0.3, 0.4) is 0 Å². The molecule has 0 radical (unpaired) electrons. The van der Waals surface area contributed by atoms with Crippen molar-refractivity contribution < 1.29 is 43.5 Å². The molecule has 3 heterocycles. The number of para-hydroxylation sites is 3. The number of aromatic nitrogens is 3. The number of H-pyrrole nitrogens is 3. The summed E-state index contributed by atoms with van der Waals surface area (Å²) in [4.78, 5) is 137. The van der Waals surface area contributed by atoms with E-state index < -0.39 is 95.7 Å². The molecule has 0 unspecified atom stereocenters. The Morgan fingerprint density at radius 2 is 0.859 bits per heavy atom. The highest BCUT2D eigenvalue weighted by atomic mass is 16.4. The first kappa shape index (κ1) is 71.6. The number of hydrogen-bond acceptors (Lipinski definition) is 12. The fourth-order valence-electron chi connectivity index (χ4n) is 11.3. The summed E-state index contributed by atoms with van der Waals surface area (Å²) in [6.45, 7) is 8.08. The first-order valence-electron chi connectivity index (χ1n) is 31.4. The van der Waals surface area contributed by atoms with Crippen molar-refractivity contribution in [3.8, 4) is 0 Å². The minimum absolute atomic E-state index is 0.0401. The second-order valence-corrected chi connectivity index (χ2v) is 24.3. The van der Waals surface area contributed by atoms with Gasteiger partial charge in [0.25, 0.3) is 0 Å². The first-order valence-corrected chi connectivity index (χ1v) is 31.4. The molecule has 92 heavy (non-hydrogen) atoms. The number of nitrogens with zero attached hydrogens (tertiary/aromatic N) is 4. The number of nitrogens with one attached hydrogen (secondary N) is 8. The zero-order valence-corrected chi connectivity index (χ0v) is 53.5. The van der Waals surface area contributed by atoms with Crippen molar-refractivity contribution in [2.75, 3.05) is 33.7 Å². The van der Waals surface area contributed by atoms with E-state index in [4.69, 9.17) is 34.4 Å². The standard InChI is InChI=1S/C65H94N18O9/c1-37(2)29-51(58(86)81-53(63(91)92)31-39-34-74-46-21-10-7-17-42(39)46)79-59(87)54(32-40-35-75-47-22-11-8-18-43(40)47)83(6)62(90)52(30-38(3)4)80-60(88)55(33-41-36-76-48-23-12-9-19-44(41)48)82(5)61(89)50(24-13-14-26-66)78-57(85)49(25-16-28-73-65(70)71)77-56(84)45(67)20-15-27-72-64(68)69/h7-12,17-19,21-23,34-38,45,49-55,74-76H,13-16,20,24-33,66-67H2,1-6H3,(H,77,84)(H,78,85)(H,79,87)(H,80,88)(H,81,86)(H,91,92)(H4,68,69,72)(H4,70,71,73)/t45-,49+,50-,51-,52-,53+,54+,55+/m0/s1. The number of carbonyl (C=O) groups excluding carboxylic acids is 7. The van der Waals surface area contributed by atoms with Crippen LogP contribution >= 0.6 is 0 Å². The van der Waals surface area contributed by atoms with E-state index >= 15 is 19.2 Å². The normalized spacial score (nSPS) is 14.1. The van der Waals surface area contributed by atoms with Gasteiger partial charge in [-0.1, -0.05) is 82.3 Å². The number of hydrogen-bond donors (Lipinski definition) is 15. The van der Waals surface area contributed by atoms with Gasteiger partial charge in [-0.2, -0.15) is 0 Å². The van der Waals surface area contributed by atoms with Crippen molar-refractivity contribution in [2.45, 2.75) is 153 Å². The number of amides is 7. The minimum atomic E-state index is -1.37. The van der Waals surface area contributed by atoms with Gasteiger partial charge in [-0.3, -0.25) is 43.5 Å². The fraction of sp³-hybridized carbons (Fsp3) is 0.477. The number of aliphatic imine (C=N–C) groups is 2. The molecule has 0 bridgehead atoms. The lowest BCUT2D eigenvalue weighted by Crippen LogP contribution is -2.61.